The molecule has 0 bridgehead atoms. The van der Waals surface area contributed by atoms with Gasteiger partial charge in [0.1, 0.15) is 11.5 Å². The SMILES string of the molecule is C#C.C/C=C/C.Cc1coc(-c2nc(C3CCC3)n(/C=C\N)c2CN)c1. The zero-order valence-electron chi connectivity index (χ0n) is 16.0. The molecule has 140 valence electrons. The first-order valence-electron chi connectivity index (χ1n) is 8.81. The van der Waals surface area contributed by atoms with Crippen molar-refractivity contribution in [1.29, 1.82) is 0 Å². The second kappa shape index (κ2) is 11.0. The van der Waals surface area contributed by atoms with Crippen molar-refractivity contribution < 1.29 is 4.42 Å². The van der Waals surface area contributed by atoms with Crippen molar-refractivity contribution in [3.05, 3.63) is 47.8 Å². The van der Waals surface area contributed by atoms with E-state index in [1.165, 1.54) is 25.5 Å². The number of aromatic nitrogens is 2. The first kappa shape index (κ1) is 21.3. The Bertz CT molecular complexity index is 741. The molecule has 3 rings (SSSR count). The number of hydrogen-bond donors (Lipinski definition) is 2. The number of hydrogen-bond acceptors (Lipinski definition) is 4. The molecule has 26 heavy (non-hydrogen) atoms. The molecular formula is C21H30N4O. The highest BCUT2D eigenvalue weighted by molar-refractivity contribution is 5.59. The third-order valence-electron chi connectivity index (χ3n) is 4.23. The van der Waals surface area contributed by atoms with Gasteiger partial charge in [-0.05, 0) is 45.2 Å². The van der Waals surface area contributed by atoms with Crippen LogP contribution < -0.4 is 11.5 Å². The molecule has 4 N–H and O–H groups in total. The molecule has 2 aromatic rings. The maximum absolute atomic E-state index is 5.92. The summed E-state index contributed by atoms with van der Waals surface area (Å²) in [5, 5.41) is 0. The minimum atomic E-state index is 0.402. The lowest BCUT2D eigenvalue weighted by Gasteiger charge is -2.24. The van der Waals surface area contributed by atoms with Crippen LogP contribution in [-0.2, 0) is 6.54 Å². The van der Waals surface area contributed by atoms with E-state index in [9.17, 15) is 0 Å². The Hall–Kier alpha value is -2.71. The van der Waals surface area contributed by atoms with E-state index in [2.05, 4.69) is 12.8 Å². The summed E-state index contributed by atoms with van der Waals surface area (Å²) in [6.45, 7) is 6.40. The van der Waals surface area contributed by atoms with Crippen LogP contribution in [0.1, 0.15) is 56.1 Å². The smallest absolute Gasteiger partial charge is 0.154 e. The minimum Gasteiger partial charge on any atom is -0.462 e. The zero-order valence-corrected chi connectivity index (χ0v) is 16.0. The lowest BCUT2D eigenvalue weighted by atomic mass is 9.85. The Morgan fingerprint density at radius 3 is 2.35 bits per heavy atom. The van der Waals surface area contributed by atoms with Crippen molar-refractivity contribution in [3.63, 3.8) is 0 Å². The van der Waals surface area contributed by atoms with Gasteiger partial charge in [0.2, 0.25) is 0 Å². The highest BCUT2D eigenvalue weighted by atomic mass is 16.3. The van der Waals surface area contributed by atoms with Crippen molar-refractivity contribution >= 4 is 6.20 Å². The molecule has 0 spiro atoms. The predicted octanol–water partition coefficient (Wildman–Crippen LogP) is 4.40. The van der Waals surface area contributed by atoms with Gasteiger partial charge >= 0.3 is 0 Å². The monoisotopic (exact) mass is 354 g/mol. The van der Waals surface area contributed by atoms with Crippen LogP contribution in [0.2, 0.25) is 0 Å². The molecule has 0 aromatic carbocycles. The molecule has 2 heterocycles. The van der Waals surface area contributed by atoms with Crippen LogP contribution in [0.5, 0.6) is 0 Å². The summed E-state index contributed by atoms with van der Waals surface area (Å²) < 4.78 is 7.61. The molecule has 1 aliphatic carbocycles. The van der Waals surface area contributed by atoms with Crippen molar-refractivity contribution in [2.24, 2.45) is 11.5 Å². The third kappa shape index (κ3) is 4.90. The number of nitrogens with two attached hydrogens (primary N) is 2. The van der Waals surface area contributed by atoms with E-state index in [4.69, 9.17) is 20.9 Å². The van der Waals surface area contributed by atoms with Crippen molar-refractivity contribution in [3.8, 4) is 24.3 Å². The van der Waals surface area contributed by atoms with E-state index in [1.54, 1.807) is 6.26 Å². The normalized spacial score (nSPS) is 13.8. The van der Waals surface area contributed by atoms with E-state index in [1.807, 2.05) is 49.8 Å². The Kier molecular flexibility index (Phi) is 9.04. The van der Waals surface area contributed by atoms with Gasteiger partial charge in [0, 0.05) is 24.9 Å². The molecular weight excluding hydrogens is 324 g/mol. The van der Waals surface area contributed by atoms with E-state index in [-0.39, 0.29) is 0 Å². The summed E-state index contributed by atoms with van der Waals surface area (Å²) in [6, 6.07) is 1.99. The van der Waals surface area contributed by atoms with E-state index >= 15 is 0 Å². The minimum absolute atomic E-state index is 0.402. The molecule has 0 atom stereocenters. The highest BCUT2D eigenvalue weighted by Gasteiger charge is 2.28. The molecule has 2 aromatic heterocycles. The molecule has 5 heteroatoms. The fourth-order valence-corrected chi connectivity index (χ4v) is 2.64. The van der Waals surface area contributed by atoms with Crippen LogP contribution in [0.25, 0.3) is 17.7 Å². The predicted molar refractivity (Wildman–Crippen MR) is 109 cm³/mol. The Labute approximate surface area is 156 Å². The second-order valence-electron chi connectivity index (χ2n) is 5.96. The summed E-state index contributed by atoms with van der Waals surface area (Å²) in [5.41, 5.74) is 14.4. The standard InChI is InChI=1S/C15H20N4O.C4H8.C2H2/c1-10-7-13(20-9-10)14-12(8-17)19(6-5-16)15(18-14)11-3-2-4-11;1-3-4-2;1-2/h5-7,9,11H,2-4,8,16-17H2,1H3;3-4H,1-2H3;1-2H/b6-5-;4-3+;. The molecule has 1 fully saturated rings. The summed E-state index contributed by atoms with van der Waals surface area (Å²) >= 11 is 0. The van der Waals surface area contributed by atoms with Crippen LogP contribution in [0.3, 0.4) is 0 Å². The molecule has 1 aliphatic rings. The zero-order chi connectivity index (χ0) is 19.5. The van der Waals surface area contributed by atoms with E-state index in [0.29, 0.717) is 12.5 Å². The van der Waals surface area contributed by atoms with Gasteiger partial charge < -0.3 is 20.5 Å². The average Bonchev–Trinajstić information content (AvgIpc) is 3.20. The van der Waals surface area contributed by atoms with Crippen molar-refractivity contribution in [1.82, 2.24) is 9.55 Å². The van der Waals surface area contributed by atoms with Gasteiger partial charge in [0.15, 0.2) is 5.76 Å². The highest BCUT2D eigenvalue weighted by Crippen LogP contribution is 2.38. The number of allylic oxidation sites excluding steroid dienone is 2. The molecule has 5 nitrogen and oxygen atoms in total. The Morgan fingerprint density at radius 1 is 1.31 bits per heavy atom. The number of nitrogens with zero attached hydrogens (tertiary/aromatic N) is 2. The number of aryl methyl sites for hydroxylation is 1. The largest absolute Gasteiger partial charge is 0.462 e. The molecule has 0 amide bonds. The molecule has 0 saturated heterocycles. The van der Waals surface area contributed by atoms with Crippen molar-refractivity contribution in [2.45, 2.75) is 52.5 Å². The maximum atomic E-state index is 5.92. The second-order valence-corrected chi connectivity index (χ2v) is 5.96. The summed E-state index contributed by atoms with van der Waals surface area (Å²) in [4.78, 5) is 4.79. The van der Waals surface area contributed by atoms with Crippen LogP contribution in [-0.4, -0.2) is 9.55 Å². The number of furan rings is 1. The Balaban J connectivity index is 0.000000500. The molecule has 0 aliphatic heterocycles. The van der Waals surface area contributed by atoms with Gasteiger partial charge in [-0.1, -0.05) is 18.6 Å². The van der Waals surface area contributed by atoms with Crippen molar-refractivity contribution in [2.75, 3.05) is 0 Å². The molecule has 1 saturated carbocycles. The van der Waals surface area contributed by atoms with Gasteiger partial charge in [0.25, 0.3) is 0 Å². The quantitative estimate of drug-likeness (QED) is 0.630. The summed E-state index contributed by atoms with van der Waals surface area (Å²) in [5.74, 6) is 2.32. The van der Waals surface area contributed by atoms with Gasteiger partial charge in [-0.25, -0.2) is 4.98 Å². The van der Waals surface area contributed by atoms with Crippen LogP contribution in [0.4, 0.5) is 0 Å². The van der Waals surface area contributed by atoms with E-state index in [0.717, 1.165) is 28.5 Å². The summed E-state index contributed by atoms with van der Waals surface area (Å²) in [6.07, 6.45) is 20.7. The molecule has 0 radical (unpaired) electrons. The molecule has 0 unspecified atom stereocenters. The van der Waals surface area contributed by atoms with Gasteiger partial charge in [-0.3, -0.25) is 0 Å². The lowest BCUT2D eigenvalue weighted by Crippen LogP contribution is -2.15. The third-order valence-corrected chi connectivity index (χ3v) is 4.23. The summed E-state index contributed by atoms with van der Waals surface area (Å²) in [7, 11) is 0. The number of terminal acetylenes is 1. The lowest BCUT2D eigenvalue weighted by molar-refractivity contribution is 0.398. The maximum Gasteiger partial charge on any atom is 0.154 e. The topological polar surface area (TPSA) is 83.0 Å². The van der Waals surface area contributed by atoms with E-state index < -0.39 is 0 Å². The average molecular weight is 354 g/mol. The van der Waals surface area contributed by atoms with Gasteiger partial charge in [-0.15, -0.1) is 12.8 Å². The van der Waals surface area contributed by atoms with Crippen LogP contribution in [0.15, 0.2) is 35.1 Å². The first-order valence-corrected chi connectivity index (χ1v) is 8.81. The number of rotatable bonds is 4. The fraction of sp³-hybridized carbons (Fsp3) is 0.381. The number of imidazole rings is 1. The Morgan fingerprint density at radius 2 is 1.96 bits per heavy atom. The first-order chi connectivity index (χ1) is 12.7. The van der Waals surface area contributed by atoms with Gasteiger partial charge in [0.05, 0.1) is 12.0 Å². The van der Waals surface area contributed by atoms with Crippen LogP contribution in [0, 0.1) is 19.8 Å². The van der Waals surface area contributed by atoms with Crippen LogP contribution >= 0.6 is 0 Å². The fourth-order valence-electron chi connectivity index (χ4n) is 2.64. The van der Waals surface area contributed by atoms with Gasteiger partial charge in [-0.2, -0.15) is 0 Å².